The average molecular weight is 1070 g/mol. The molecule has 0 aliphatic rings. The second-order valence-corrected chi connectivity index (χ2v) is 17.9. The number of hydrogen-bond donors (Lipinski definition) is 7. The van der Waals surface area contributed by atoms with Gasteiger partial charge in [-0.2, -0.15) is 53.0 Å². The van der Waals surface area contributed by atoms with Crippen LogP contribution in [0.2, 0.25) is 5.15 Å². The van der Waals surface area contributed by atoms with Crippen LogP contribution in [-0.2, 0) is 24.4 Å². The fourth-order valence-electron chi connectivity index (χ4n) is 7.46. The summed E-state index contributed by atoms with van der Waals surface area (Å²) in [6.45, 7) is 11.6. The number of benzene rings is 3. The van der Waals surface area contributed by atoms with Gasteiger partial charge in [-0.25, -0.2) is 19.9 Å². The molecule has 7 N–H and O–H groups in total. The van der Waals surface area contributed by atoms with Gasteiger partial charge in [0, 0.05) is 37.8 Å². The van der Waals surface area contributed by atoms with Gasteiger partial charge in [0.25, 0.3) is 0 Å². The van der Waals surface area contributed by atoms with Gasteiger partial charge in [-0.1, -0.05) is 103 Å². The summed E-state index contributed by atoms with van der Waals surface area (Å²) in [5, 5.41) is 21.6. The van der Waals surface area contributed by atoms with Crippen LogP contribution in [0.3, 0.4) is 0 Å². The van der Waals surface area contributed by atoms with Crippen molar-refractivity contribution in [3.05, 3.63) is 156 Å². The number of rotatable bonds is 15. The quantitative estimate of drug-likeness (QED) is 0.0371. The summed E-state index contributed by atoms with van der Waals surface area (Å²) >= 11 is 5.54. The molecule has 0 unspecified atom stereocenters. The maximum absolute atomic E-state index is 13.6. The molecule has 0 fully saturated rings. The highest BCUT2D eigenvalue weighted by molar-refractivity contribution is 6.33. The van der Waals surface area contributed by atoms with Gasteiger partial charge in [0.05, 0.1) is 31.7 Å². The molecule has 26 heteroatoms. The van der Waals surface area contributed by atoms with Crippen molar-refractivity contribution in [2.75, 3.05) is 21.3 Å². The molecule has 8 aromatic heterocycles. The average Bonchev–Trinajstić information content (AvgIpc) is 4.26. The van der Waals surface area contributed by atoms with Crippen molar-refractivity contribution < 1.29 is 23.1 Å². The SMILES string of the molecule is CC(C)n1cnc2c(NCc3ccccc3)nc(F)nc21.CC(C)n1cnc2c(NCc3ccccc3)nc(N[C@H](C)CC(=O)O)nc21.Fc1nc(Cl)c2[nH]cnc2n1.Fc1nc(NCc2ccccc2)c2[nH]cnc2n1. The Bertz CT molecular complexity index is 3690. The van der Waals surface area contributed by atoms with Crippen molar-refractivity contribution in [1.29, 1.82) is 0 Å². The number of halogens is 4. The number of anilines is 4. The van der Waals surface area contributed by atoms with Gasteiger partial charge in [0.2, 0.25) is 5.95 Å². The molecule has 0 saturated heterocycles. The van der Waals surface area contributed by atoms with Crippen LogP contribution < -0.4 is 21.3 Å². The Kier molecular flexibility index (Phi) is 17.7. The molecular formula is C51H52ClF3N20O2. The molecule has 0 radical (unpaired) electrons. The third-order valence-corrected chi connectivity index (χ3v) is 11.4. The number of fused-ring (bicyclic) bond motifs is 4. The first-order chi connectivity index (χ1) is 37.2. The second kappa shape index (κ2) is 25.2. The van der Waals surface area contributed by atoms with E-state index in [1.54, 1.807) is 19.6 Å². The lowest BCUT2D eigenvalue weighted by Crippen LogP contribution is -2.21. The fraction of sp³-hybridized carbons (Fsp3) is 0.235. The number of nitrogens with one attached hydrogen (secondary N) is 6. The Hall–Kier alpha value is -9.39. The van der Waals surface area contributed by atoms with E-state index in [-0.39, 0.29) is 35.3 Å². The number of aromatic nitrogens is 16. The summed E-state index contributed by atoms with van der Waals surface area (Å²) < 4.78 is 43.0. The van der Waals surface area contributed by atoms with Crippen LogP contribution in [0.1, 0.15) is 69.8 Å². The Labute approximate surface area is 442 Å². The van der Waals surface area contributed by atoms with E-state index in [0.29, 0.717) is 82.0 Å². The third-order valence-electron chi connectivity index (χ3n) is 11.2. The first-order valence-corrected chi connectivity index (χ1v) is 24.4. The van der Waals surface area contributed by atoms with E-state index >= 15 is 0 Å². The van der Waals surface area contributed by atoms with E-state index < -0.39 is 24.2 Å². The topological polar surface area (TPSA) is 282 Å². The number of aromatic amines is 2. The van der Waals surface area contributed by atoms with Crippen molar-refractivity contribution in [1.82, 2.24) is 78.9 Å². The molecule has 0 spiro atoms. The molecule has 3 aromatic carbocycles. The van der Waals surface area contributed by atoms with Crippen molar-refractivity contribution in [2.45, 2.75) is 78.8 Å². The van der Waals surface area contributed by atoms with Gasteiger partial charge in [0.1, 0.15) is 11.0 Å². The summed E-state index contributed by atoms with van der Waals surface area (Å²) in [5.41, 5.74) is 7.41. The summed E-state index contributed by atoms with van der Waals surface area (Å²) in [6, 6.07) is 29.7. The largest absolute Gasteiger partial charge is 0.481 e. The maximum Gasteiger partial charge on any atom is 0.312 e. The van der Waals surface area contributed by atoms with Crippen molar-refractivity contribution >= 4 is 85.6 Å². The first kappa shape index (κ1) is 53.9. The zero-order valence-corrected chi connectivity index (χ0v) is 42.9. The van der Waals surface area contributed by atoms with Crippen molar-refractivity contribution in [3.63, 3.8) is 0 Å². The minimum atomic E-state index is -0.870. The number of carboxylic acids is 1. The van der Waals surface area contributed by atoms with Crippen molar-refractivity contribution in [2.24, 2.45) is 0 Å². The summed E-state index contributed by atoms with van der Waals surface area (Å²) in [7, 11) is 0. The third kappa shape index (κ3) is 14.3. The molecule has 22 nitrogen and oxygen atoms in total. The normalized spacial score (nSPS) is 11.4. The molecule has 8 heterocycles. The Morgan fingerprint density at radius 1 is 0.558 bits per heavy atom. The molecule has 396 valence electrons. The zero-order valence-electron chi connectivity index (χ0n) is 42.2. The lowest BCUT2D eigenvalue weighted by molar-refractivity contribution is -0.137. The van der Waals surface area contributed by atoms with Crippen LogP contribution in [0, 0.1) is 18.2 Å². The predicted octanol–water partition coefficient (Wildman–Crippen LogP) is 9.70. The van der Waals surface area contributed by atoms with Gasteiger partial charge in [-0.3, -0.25) is 4.79 Å². The van der Waals surface area contributed by atoms with Crippen LogP contribution in [0.4, 0.5) is 36.6 Å². The summed E-state index contributed by atoms with van der Waals surface area (Å²) in [5.74, 6) is 0.966. The molecule has 0 bridgehead atoms. The minimum absolute atomic E-state index is 0.0163. The van der Waals surface area contributed by atoms with Gasteiger partial charge >= 0.3 is 24.2 Å². The van der Waals surface area contributed by atoms with E-state index in [2.05, 4.69) is 105 Å². The lowest BCUT2D eigenvalue weighted by Gasteiger charge is -2.14. The predicted molar refractivity (Wildman–Crippen MR) is 286 cm³/mol. The standard InChI is InChI=1S/C19H24N6O2.C15H16FN5.C12H10FN5.C5H2ClFN4/c1-12(2)25-11-21-16-17(20-10-14-7-5-4-6-8-14)23-19(24-18(16)25)22-13(3)9-15(26)27;1-10(2)21-9-18-12-13(19-15(16)20-14(12)21)17-8-11-6-4-3-5-7-11;13-12-17-10(9-11(18-12)16-7-15-9)14-6-8-4-2-1-3-5-8;6-3-2-4(9-1-8-2)11-5(7)10-3/h4-8,11-13H,9-10H2,1-3H3,(H,26,27)(H2,20,22,23,24);3-7,9-10H,8H2,1-2H3,(H,17,19,20);1-5,7H,6H2,(H2,14,15,16,17,18);1H,(H,8,9,10,11)/t13-;;;/m1.../s1. The fourth-order valence-corrected chi connectivity index (χ4v) is 7.67. The van der Waals surface area contributed by atoms with Crippen LogP contribution in [-0.4, -0.2) is 96.0 Å². The van der Waals surface area contributed by atoms with E-state index in [1.807, 2.05) is 114 Å². The van der Waals surface area contributed by atoms with E-state index in [9.17, 15) is 18.0 Å². The van der Waals surface area contributed by atoms with Gasteiger partial charge < -0.3 is 45.5 Å². The van der Waals surface area contributed by atoms with Gasteiger partial charge in [-0.15, -0.1) is 0 Å². The molecular weight excluding hydrogens is 1020 g/mol. The molecule has 0 amide bonds. The smallest absolute Gasteiger partial charge is 0.312 e. The van der Waals surface area contributed by atoms with Gasteiger partial charge in [-0.05, 0) is 51.3 Å². The summed E-state index contributed by atoms with van der Waals surface area (Å²) in [6.07, 6.45) is 3.84. The minimum Gasteiger partial charge on any atom is -0.481 e. The number of nitrogens with zero attached hydrogens (tertiary/aromatic N) is 14. The van der Waals surface area contributed by atoms with E-state index in [0.717, 1.165) is 16.7 Å². The van der Waals surface area contributed by atoms with E-state index in [4.69, 9.17) is 16.7 Å². The van der Waals surface area contributed by atoms with E-state index in [1.165, 1.54) is 12.7 Å². The van der Waals surface area contributed by atoms with Crippen LogP contribution in [0.15, 0.2) is 116 Å². The van der Waals surface area contributed by atoms with Crippen LogP contribution in [0.5, 0.6) is 0 Å². The zero-order chi connectivity index (χ0) is 54.4. The molecule has 11 aromatic rings. The monoisotopic (exact) mass is 1070 g/mol. The van der Waals surface area contributed by atoms with Gasteiger partial charge in [0.15, 0.2) is 56.2 Å². The maximum atomic E-state index is 13.6. The molecule has 0 aliphatic heterocycles. The lowest BCUT2D eigenvalue weighted by atomic mass is 10.2. The molecule has 77 heavy (non-hydrogen) atoms. The number of aliphatic carboxylic acids is 1. The van der Waals surface area contributed by atoms with Crippen LogP contribution >= 0.6 is 11.6 Å². The first-order valence-electron chi connectivity index (χ1n) is 24.0. The highest BCUT2D eigenvalue weighted by atomic mass is 35.5. The van der Waals surface area contributed by atoms with Crippen molar-refractivity contribution in [3.8, 4) is 0 Å². The molecule has 11 rings (SSSR count). The highest BCUT2D eigenvalue weighted by Gasteiger charge is 2.18. The Morgan fingerprint density at radius 3 is 1.49 bits per heavy atom. The second-order valence-electron chi connectivity index (χ2n) is 17.6. The highest BCUT2D eigenvalue weighted by Crippen LogP contribution is 2.26. The Balaban J connectivity index is 0.000000141. The molecule has 1 atom stereocenters. The number of imidazole rings is 4. The summed E-state index contributed by atoms with van der Waals surface area (Å²) in [4.78, 5) is 63.7. The number of H-pyrrole nitrogens is 2. The molecule has 0 saturated carbocycles. The number of carboxylic acid groups (broad SMARTS) is 1. The van der Waals surface area contributed by atoms with Crippen LogP contribution in [0.25, 0.3) is 44.7 Å². The Morgan fingerprint density at radius 2 is 0.987 bits per heavy atom. The number of carbonyl (C=O) groups is 1. The number of hydrogen-bond acceptors (Lipinski definition) is 17. The molecule has 0 aliphatic carbocycles.